The molecule has 0 saturated carbocycles. The maximum absolute atomic E-state index is 14.3. The van der Waals surface area contributed by atoms with Gasteiger partial charge in [0.1, 0.15) is 24.2 Å². The highest BCUT2D eigenvalue weighted by molar-refractivity contribution is 7.98. The summed E-state index contributed by atoms with van der Waals surface area (Å²) in [6.45, 7) is 6.21. The highest BCUT2D eigenvalue weighted by atomic mass is 35.5. The molecule has 6 rings (SSSR count). The van der Waals surface area contributed by atoms with E-state index >= 15 is 0 Å². The lowest BCUT2D eigenvalue weighted by molar-refractivity contribution is -0.113. The van der Waals surface area contributed by atoms with Crippen LogP contribution in [-0.4, -0.2) is 20.7 Å². The van der Waals surface area contributed by atoms with E-state index in [1.165, 1.54) is 17.8 Å². The smallest absolute Gasteiger partial charge is 0.255 e. The molecular formula is C35H31ClFN5O2S. The second-order valence-electron chi connectivity index (χ2n) is 10.8. The van der Waals surface area contributed by atoms with Gasteiger partial charge in [-0.05, 0) is 85.0 Å². The SMILES string of the molecule is CC1=C(C(=O)Nc2cccc(C)c2C)C(c2cccc(OCc3ccc(Cl)cc3)c2)n2nc(SCc3ccccc3F)nc2N1. The van der Waals surface area contributed by atoms with E-state index in [-0.39, 0.29) is 11.7 Å². The summed E-state index contributed by atoms with van der Waals surface area (Å²) in [4.78, 5) is 18.8. The standard InChI is InChI=1S/C35H31ClFN5O2S/c1-21-8-6-13-30(22(21)2)39-33(43)31-23(3)38-34-40-35(45-20-26-9-4-5-12-29(26)37)41-42(34)32(31)25-10-7-11-28(18-25)44-19-24-14-16-27(36)17-15-24/h4-18,32H,19-20H2,1-3H3,(H,39,43)(H,38,40,41). The molecule has 0 bridgehead atoms. The molecule has 0 spiro atoms. The predicted molar refractivity (Wildman–Crippen MR) is 177 cm³/mol. The number of anilines is 2. The van der Waals surface area contributed by atoms with Crippen LogP contribution >= 0.6 is 23.4 Å². The lowest BCUT2D eigenvalue weighted by atomic mass is 9.94. The van der Waals surface area contributed by atoms with Crippen molar-refractivity contribution in [3.63, 3.8) is 0 Å². The number of nitrogens with one attached hydrogen (secondary N) is 2. The van der Waals surface area contributed by atoms with Gasteiger partial charge in [-0.3, -0.25) is 4.79 Å². The number of hydrogen-bond acceptors (Lipinski definition) is 6. The fourth-order valence-corrected chi connectivity index (χ4v) is 6.09. The maximum atomic E-state index is 14.3. The van der Waals surface area contributed by atoms with Gasteiger partial charge in [-0.25, -0.2) is 9.07 Å². The van der Waals surface area contributed by atoms with Crippen molar-refractivity contribution in [3.8, 4) is 5.75 Å². The molecule has 0 aliphatic carbocycles. The Morgan fingerprint density at radius 3 is 2.60 bits per heavy atom. The van der Waals surface area contributed by atoms with Crippen molar-refractivity contribution in [2.45, 2.75) is 44.3 Å². The van der Waals surface area contributed by atoms with E-state index < -0.39 is 6.04 Å². The number of thioether (sulfide) groups is 1. The lowest BCUT2D eigenvalue weighted by Crippen LogP contribution is -2.31. The number of amides is 1. The number of aromatic nitrogens is 3. The zero-order valence-corrected chi connectivity index (χ0v) is 26.5. The number of allylic oxidation sites excluding steroid dienone is 1. The molecule has 10 heteroatoms. The van der Waals surface area contributed by atoms with E-state index in [2.05, 4.69) is 10.6 Å². The first-order valence-electron chi connectivity index (χ1n) is 14.4. The van der Waals surface area contributed by atoms with Crippen molar-refractivity contribution in [2.24, 2.45) is 0 Å². The molecule has 1 atom stereocenters. The first kappa shape index (κ1) is 30.4. The summed E-state index contributed by atoms with van der Waals surface area (Å²) in [5.41, 5.74) is 6.30. The van der Waals surface area contributed by atoms with Gasteiger partial charge in [-0.2, -0.15) is 4.98 Å². The number of hydrogen-bond donors (Lipinski definition) is 2. The molecular weight excluding hydrogens is 609 g/mol. The monoisotopic (exact) mass is 639 g/mol. The summed E-state index contributed by atoms with van der Waals surface area (Å²) in [5, 5.41) is 12.3. The molecule has 7 nitrogen and oxygen atoms in total. The Hall–Kier alpha value is -4.60. The van der Waals surface area contributed by atoms with Crippen LogP contribution in [0.25, 0.3) is 0 Å². The van der Waals surface area contributed by atoms with Gasteiger partial charge >= 0.3 is 0 Å². The Morgan fingerprint density at radius 2 is 1.80 bits per heavy atom. The van der Waals surface area contributed by atoms with Crippen molar-refractivity contribution in [1.29, 1.82) is 0 Å². The molecule has 2 heterocycles. The Kier molecular flexibility index (Phi) is 8.91. The summed E-state index contributed by atoms with van der Waals surface area (Å²) >= 11 is 7.37. The molecule has 2 N–H and O–H groups in total. The molecule has 1 amide bonds. The molecule has 0 radical (unpaired) electrons. The fourth-order valence-electron chi connectivity index (χ4n) is 5.15. The number of ether oxygens (including phenoxy) is 1. The van der Waals surface area contributed by atoms with Crippen LogP contribution in [0.1, 0.15) is 40.8 Å². The molecule has 228 valence electrons. The third kappa shape index (κ3) is 6.74. The molecule has 4 aromatic carbocycles. The number of halogens is 2. The van der Waals surface area contributed by atoms with Crippen molar-refractivity contribution < 1.29 is 13.9 Å². The minimum absolute atomic E-state index is 0.257. The summed E-state index contributed by atoms with van der Waals surface area (Å²) in [7, 11) is 0. The van der Waals surface area contributed by atoms with Gasteiger partial charge in [0.15, 0.2) is 0 Å². The molecule has 1 aromatic heterocycles. The molecule has 5 aromatic rings. The topological polar surface area (TPSA) is 81.1 Å². The Balaban J connectivity index is 1.34. The maximum Gasteiger partial charge on any atom is 0.255 e. The Morgan fingerprint density at radius 1 is 1.02 bits per heavy atom. The van der Waals surface area contributed by atoms with Gasteiger partial charge < -0.3 is 15.4 Å². The van der Waals surface area contributed by atoms with Crippen LogP contribution in [-0.2, 0) is 17.2 Å². The van der Waals surface area contributed by atoms with Crippen molar-refractivity contribution in [2.75, 3.05) is 10.6 Å². The van der Waals surface area contributed by atoms with Crippen LogP contribution in [0.15, 0.2) is 107 Å². The first-order valence-corrected chi connectivity index (χ1v) is 15.8. The summed E-state index contributed by atoms with van der Waals surface area (Å²) in [6, 6.07) is 27.0. The first-order chi connectivity index (χ1) is 21.8. The molecule has 1 aliphatic rings. The van der Waals surface area contributed by atoms with E-state index in [0.717, 1.165) is 27.9 Å². The number of carbonyl (C=O) groups is 1. The largest absolute Gasteiger partial charge is 0.489 e. The summed E-state index contributed by atoms with van der Waals surface area (Å²) < 4.78 is 22.2. The molecule has 0 fully saturated rings. The van der Waals surface area contributed by atoms with Crippen LogP contribution in [0.2, 0.25) is 5.02 Å². The highest BCUT2D eigenvalue weighted by Crippen LogP contribution is 2.38. The van der Waals surface area contributed by atoms with Crippen molar-refractivity contribution >= 4 is 40.9 Å². The van der Waals surface area contributed by atoms with Gasteiger partial charge in [-0.15, -0.1) is 5.10 Å². The quantitative estimate of drug-likeness (QED) is 0.157. The number of fused-ring (bicyclic) bond motifs is 1. The number of rotatable bonds is 9. The average molecular weight is 640 g/mol. The number of aryl methyl sites for hydroxylation is 1. The van der Waals surface area contributed by atoms with Crippen LogP contribution < -0.4 is 15.4 Å². The second-order valence-corrected chi connectivity index (χ2v) is 12.2. The van der Waals surface area contributed by atoms with Crippen LogP contribution in [0.5, 0.6) is 5.75 Å². The predicted octanol–water partition coefficient (Wildman–Crippen LogP) is 8.49. The third-order valence-corrected chi connectivity index (χ3v) is 8.88. The Bertz CT molecular complexity index is 1910. The van der Waals surface area contributed by atoms with Crippen LogP contribution in [0.3, 0.4) is 0 Å². The van der Waals surface area contributed by atoms with Gasteiger partial charge in [0.25, 0.3) is 5.91 Å². The molecule has 45 heavy (non-hydrogen) atoms. The van der Waals surface area contributed by atoms with Crippen LogP contribution in [0, 0.1) is 19.7 Å². The minimum Gasteiger partial charge on any atom is -0.489 e. The van der Waals surface area contributed by atoms with E-state index in [1.54, 1.807) is 22.9 Å². The normalized spacial score (nSPS) is 14.1. The van der Waals surface area contributed by atoms with Gasteiger partial charge in [0.2, 0.25) is 11.1 Å². The lowest BCUT2D eigenvalue weighted by Gasteiger charge is -2.29. The number of nitrogens with zero attached hydrogens (tertiary/aromatic N) is 3. The summed E-state index contributed by atoms with van der Waals surface area (Å²) in [6.07, 6.45) is 0. The second kappa shape index (κ2) is 13.2. The van der Waals surface area contributed by atoms with Gasteiger partial charge in [0.05, 0.1) is 5.57 Å². The van der Waals surface area contributed by atoms with Crippen molar-refractivity contribution in [3.05, 3.63) is 141 Å². The number of carbonyl (C=O) groups excluding carboxylic acids is 1. The highest BCUT2D eigenvalue weighted by Gasteiger charge is 2.35. The van der Waals surface area contributed by atoms with E-state index in [4.69, 9.17) is 26.4 Å². The average Bonchev–Trinajstić information content (AvgIpc) is 3.44. The minimum atomic E-state index is -0.610. The fraction of sp³-hybridized carbons (Fsp3) is 0.171. The Labute approximate surface area is 270 Å². The van der Waals surface area contributed by atoms with Crippen LogP contribution in [0.4, 0.5) is 16.0 Å². The van der Waals surface area contributed by atoms with E-state index in [1.807, 2.05) is 87.5 Å². The van der Waals surface area contributed by atoms with Gasteiger partial charge in [0, 0.05) is 22.2 Å². The third-order valence-electron chi connectivity index (χ3n) is 7.74. The van der Waals surface area contributed by atoms with Crippen molar-refractivity contribution in [1.82, 2.24) is 14.8 Å². The zero-order chi connectivity index (χ0) is 31.5. The van der Waals surface area contributed by atoms with E-state index in [0.29, 0.717) is 51.1 Å². The molecule has 1 aliphatic heterocycles. The summed E-state index contributed by atoms with van der Waals surface area (Å²) in [5.74, 6) is 0.963. The number of benzene rings is 4. The molecule has 1 unspecified atom stereocenters. The zero-order valence-electron chi connectivity index (χ0n) is 25.0. The van der Waals surface area contributed by atoms with E-state index in [9.17, 15) is 9.18 Å². The molecule has 0 saturated heterocycles. The van der Waals surface area contributed by atoms with Gasteiger partial charge in [-0.1, -0.05) is 78.0 Å².